The number of aromatic nitrogens is 1. The van der Waals surface area contributed by atoms with Crippen LogP contribution >= 0.6 is 0 Å². The van der Waals surface area contributed by atoms with Crippen molar-refractivity contribution in [1.29, 1.82) is 0 Å². The number of phenols is 1. The van der Waals surface area contributed by atoms with Gasteiger partial charge in [0.25, 0.3) is 0 Å². The molecular weight excluding hydrogens is 314 g/mol. The maximum Gasteiger partial charge on any atom is 0.219 e. The van der Waals surface area contributed by atoms with Crippen molar-refractivity contribution in [1.82, 2.24) is 0 Å². The van der Waals surface area contributed by atoms with Crippen LogP contribution in [-0.4, -0.2) is 19.3 Å². The van der Waals surface area contributed by atoms with Crippen molar-refractivity contribution < 1.29 is 19.0 Å². The molecule has 0 saturated heterocycles. The van der Waals surface area contributed by atoms with E-state index >= 15 is 0 Å². The third-order valence-electron chi connectivity index (χ3n) is 4.99. The Hall–Kier alpha value is -3.01. The van der Waals surface area contributed by atoms with E-state index in [-0.39, 0.29) is 0 Å². The Labute approximate surface area is 145 Å². The molecule has 0 aliphatic carbocycles. The lowest BCUT2D eigenvalue weighted by Gasteiger charge is -2.10. The van der Waals surface area contributed by atoms with E-state index in [4.69, 9.17) is 9.47 Å². The molecule has 0 aliphatic rings. The molecule has 0 aliphatic heterocycles. The van der Waals surface area contributed by atoms with Crippen LogP contribution in [-0.2, 0) is 0 Å². The third-order valence-corrected chi connectivity index (χ3v) is 4.99. The second-order valence-corrected chi connectivity index (χ2v) is 6.34. The van der Waals surface area contributed by atoms with E-state index in [1.54, 1.807) is 14.2 Å². The van der Waals surface area contributed by atoms with Crippen LogP contribution in [0.25, 0.3) is 27.1 Å². The summed E-state index contributed by atoms with van der Waals surface area (Å²) in [6.45, 7) is 4.10. The second kappa shape index (κ2) is 5.52. The molecule has 0 unspecified atom stereocenters. The summed E-state index contributed by atoms with van der Waals surface area (Å²) in [5, 5.41) is 14.4. The van der Waals surface area contributed by atoms with Crippen LogP contribution in [0.15, 0.2) is 42.7 Å². The molecule has 4 rings (SSSR count). The van der Waals surface area contributed by atoms with E-state index in [1.165, 1.54) is 5.56 Å². The number of aromatic hydroxyl groups is 1. The fourth-order valence-corrected chi connectivity index (χ4v) is 3.44. The zero-order valence-corrected chi connectivity index (χ0v) is 14.8. The van der Waals surface area contributed by atoms with Gasteiger partial charge in [0.1, 0.15) is 5.75 Å². The van der Waals surface area contributed by atoms with Crippen LogP contribution in [0.5, 0.6) is 17.2 Å². The smallest absolute Gasteiger partial charge is 0.219 e. The molecule has 0 saturated carbocycles. The maximum atomic E-state index is 10.3. The molecule has 4 heteroatoms. The molecule has 2 heterocycles. The molecule has 0 atom stereocenters. The van der Waals surface area contributed by atoms with Crippen LogP contribution in [0.1, 0.15) is 11.1 Å². The number of rotatable bonds is 2. The Bertz CT molecular complexity index is 1150. The fourth-order valence-electron chi connectivity index (χ4n) is 3.44. The van der Waals surface area contributed by atoms with E-state index in [1.807, 2.05) is 48.0 Å². The van der Waals surface area contributed by atoms with Crippen molar-refractivity contribution >= 4 is 27.1 Å². The van der Waals surface area contributed by atoms with Gasteiger partial charge in [0.05, 0.1) is 25.0 Å². The highest BCUT2D eigenvalue weighted by atomic mass is 16.5. The summed E-state index contributed by atoms with van der Waals surface area (Å²) in [6, 6.07) is 9.97. The highest BCUT2D eigenvalue weighted by molar-refractivity contribution is 6.00. The van der Waals surface area contributed by atoms with Crippen LogP contribution in [0, 0.1) is 13.8 Å². The number of pyridine rings is 2. The predicted octanol–water partition coefficient (Wildman–Crippen LogP) is 4.07. The first kappa shape index (κ1) is 15.5. The van der Waals surface area contributed by atoms with Gasteiger partial charge < -0.3 is 14.6 Å². The Morgan fingerprint density at radius 2 is 1.60 bits per heavy atom. The van der Waals surface area contributed by atoms with Gasteiger partial charge >= 0.3 is 0 Å². The largest absolute Gasteiger partial charge is 0.507 e. The number of benzene rings is 2. The van der Waals surface area contributed by atoms with Crippen molar-refractivity contribution in [2.24, 2.45) is 0 Å². The van der Waals surface area contributed by atoms with E-state index < -0.39 is 0 Å². The first-order chi connectivity index (χ1) is 12.0. The minimum atomic E-state index is 0.305. The molecule has 2 aromatic carbocycles. The lowest BCUT2D eigenvalue weighted by Crippen LogP contribution is -2.20. The molecule has 0 radical (unpaired) electrons. The van der Waals surface area contributed by atoms with Gasteiger partial charge in [-0.2, -0.15) is 4.40 Å². The highest BCUT2D eigenvalue weighted by Gasteiger charge is 2.17. The average molecular weight is 334 g/mol. The lowest BCUT2D eigenvalue weighted by atomic mass is 9.99. The molecular formula is C21H20NO3+. The number of hydrogen-bond donors (Lipinski definition) is 1. The molecule has 0 fully saturated rings. The van der Waals surface area contributed by atoms with Gasteiger partial charge in [-0.15, -0.1) is 0 Å². The lowest BCUT2D eigenvalue weighted by molar-refractivity contribution is -0.509. The highest BCUT2D eigenvalue weighted by Crippen LogP contribution is 2.35. The van der Waals surface area contributed by atoms with E-state index in [9.17, 15) is 5.11 Å². The Morgan fingerprint density at radius 3 is 2.32 bits per heavy atom. The van der Waals surface area contributed by atoms with Crippen LogP contribution in [0.3, 0.4) is 0 Å². The molecule has 0 spiro atoms. The van der Waals surface area contributed by atoms with Gasteiger partial charge in [0.2, 0.25) is 5.52 Å². The number of nitrogens with zero attached hydrogens (tertiary/aromatic N) is 1. The van der Waals surface area contributed by atoms with Crippen LogP contribution < -0.4 is 13.9 Å². The zero-order valence-electron chi connectivity index (χ0n) is 14.8. The number of methoxy groups -OCH3 is 2. The van der Waals surface area contributed by atoms with E-state index in [2.05, 4.69) is 13.0 Å². The molecule has 0 bridgehead atoms. The number of ether oxygens (including phenoxy) is 2. The number of fused-ring (bicyclic) bond motifs is 4. The SMILES string of the molecule is COc1cc2cc[n+]3cc4c(O)cc(C)c(C)c4cc3c2cc1OC. The minimum Gasteiger partial charge on any atom is -0.507 e. The summed E-state index contributed by atoms with van der Waals surface area (Å²) >= 11 is 0. The summed E-state index contributed by atoms with van der Waals surface area (Å²) in [7, 11) is 3.28. The van der Waals surface area contributed by atoms with Crippen molar-refractivity contribution in [2.75, 3.05) is 14.2 Å². The van der Waals surface area contributed by atoms with Gasteiger partial charge in [-0.1, -0.05) is 0 Å². The standard InChI is InChI=1S/C21H19NO3/c1-12-7-19(23)17-11-22-6-5-14-8-20(24-3)21(25-4)10-16(14)18(22)9-15(17)13(12)2/h5-11H,1-4H3/p+1. The third kappa shape index (κ3) is 2.25. The summed E-state index contributed by atoms with van der Waals surface area (Å²) < 4.78 is 12.9. The van der Waals surface area contributed by atoms with Gasteiger partial charge in [0, 0.05) is 17.5 Å². The minimum absolute atomic E-state index is 0.305. The summed E-state index contributed by atoms with van der Waals surface area (Å²) in [6.07, 6.45) is 3.97. The molecule has 25 heavy (non-hydrogen) atoms. The van der Waals surface area contributed by atoms with Crippen LogP contribution in [0.4, 0.5) is 0 Å². The van der Waals surface area contributed by atoms with E-state index in [0.29, 0.717) is 17.2 Å². The summed E-state index contributed by atoms with van der Waals surface area (Å²) in [5.41, 5.74) is 3.31. The van der Waals surface area contributed by atoms with Crippen molar-refractivity contribution in [3.8, 4) is 17.2 Å². The molecule has 2 aromatic heterocycles. The van der Waals surface area contributed by atoms with Gasteiger partial charge in [-0.3, -0.25) is 0 Å². The van der Waals surface area contributed by atoms with Crippen molar-refractivity contribution in [3.05, 3.63) is 53.9 Å². The van der Waals surface area contributed by atoms with Crippen molar-refractivity contribution in [2.45, 2.75) is 13.8 Å². The summed E-state index contributed by atoms with van der Waals surface area (Å²) in [5.74, 6) is 1.72. The second-order valence-electron chi connectivity index (χ2n) is 6.34. The topological polar surface area (TPSA) is 42.8 Å². The maximum absolute atomic E-state index is 10.3. The fraction of sp³-hybridized carbons (Fsp3) is 0.190. The predicted molar refractivity (Wildman–Crippen MR) is 98.9 cm³/mol. The Morgan fingerprint density at radius 1 is 0.880 bits per heavy atom. The number of aryl methyl sites for hydroxylation is 2. The first-order valence-corrected chi connectivity index (χ1v) is 8.16. The van der Waals surface area contributed by atoms with Gasteiger partial charge in [0.15, 0.2) is 23.9 Å². The number of phenolic OH excluding ortho intramolecular Hbond substituents is 1. The zero-order chi connectivity index (χ0) is 17.7. The number of hydrogen-bond acceptors (Lipinski definition) is 3. The van der Waals surface area contributed by atoms with Crippen LogP contribution in [0.2, 0.25) is 0 Å². The normalized spacial score (nSPS) is 11.4. The Kier molecular flexibility index (Phi) is 3.42. The molecule has 0 amide bonds. The molecule has 126 valence electrons. The molecule has 4 nitrogen and oxygen atoms in total. The molecule has 1 N–H and O–H groups in total. The monoisotopic (exact) mass is 334 g/mol. The van der Waals surface area contributed by atoms with Gasteiger partial charge in [-0.25, -0.2) is 0 Å². The van der Waals surface area contributed by atoms with E-state index in [0.717, 1.165) is 32.6 Å². The Balaban J connectivity index is 2.18. The first-order valence-electron chi connectivity index (χ1n) is 8.16. The van der Waals surface area contributed by atoms with Gasteiger partial charge in [-0.05, 0) is 48.6 Å². The van der Waals surface area contributed by atoms with Crippen molar-refractivity contribution in [3.63, 3.8) is 0 Å². The average Bonchev–Trinajstić information content (AvgIpc) is 2.63. The quantitative estimate of drug-likeness (QED) is 0.341. The summed E-state index contributed by atoms with van der Waals surface area (Å²) in [4.78, 5) is 0. The molecule has 4 aromatic rings.